The number of benzene rings is 3. The predicted molar refractivity (Wildman–Crippen MR) is 159 cm³/mol. The van der Waals surface area contributed by atoms with Crippen LogP contribution in [0.4, 0.5) is 5.69 Å². The van der Waals surface area contributed by atoms with Crippen LogP contribution in [-0.2, 0) is 14.3 Å². The number of imide groups is 1. The molecule has 8 heteroatoms. The molecule has 0 aromatic heterocycles. The Kier molecular flexibility index (Phi) is 7.32. The molecular weight excluding hydrogens is 517 g/mol. The van der Waals surface area contributed by atoms with E-state index in [-0.39, 0.29) is 35.0 Å². The van der Waals surface area contributed by atoms with Crippen molar-refractivity contribution in [1.82, 2.24) is 0 Å². The van der Waals surface area contributed by atoms with Crippen molar-refractivity contribution in [2.75, 3.05) is 11.5 Å². The van der Waals surface area contributed by atoms with Gasteiger partial charge in [0.05, 0.1) is 30.2 Å². The minimum absolute atomic E-state index is 0.0966. The van der Waals surface area contributed by atoms with Crippen LogP contribution in [-0.4, -0.2) is 46.8 Å². The number of allylic oxidation sites excluding steroid dienone is 2. The number of anilines is 1. The maximum absolute atomic E-state index is 13.8. The van der Waals surface area contributed by atoms with E-state index in [1.165, 1.54) is 27.7 Å². The molecule has 3 aliphatic rings. The second kappa shape index (κ2) is 10.9. The first kappa shape index (κ1) is 27.5. The lowest BCUT2D eigenvalue weighted by atomic mass is 9.69. The summed E-state index contributed by atoms with van der Waals surface area (Å²) >= 11 is 0. The molecule has 41 heavy (non-hydrogen) atoms. The highest BCUT2D eigenvalue weighted by atomic mass is 16.5. The number of phenols is 1. The summed E-state index contributed by atoms with van der Waals surface area (Å²) in [5.74, 6) is -1.22. The number of aromatic hydroxyl groups is 1. The monoisotopic (exact) mass is 551 g/mol. The third-order valence-electron chi connectivity index (χ3n) is 9.00. The third-order valence-corrected chi connectivity index (χ3v) is 9.00. The van der Waals surface area contributed by atoms with Crippen LogP contribution < -0.4 is 10.4 Å². The first-order chi connectivity index (χ1) is 19.8. The second-order valence-electron chi connectivity index (χ2n) is 11.4. The van der Waals surface area contributed by atoms with Gasteiger partial charge in [0.15, 0.2) is 0 Å². The molecule has 7 nitrogen and oxygen atoms in total. The average molecular weight is 551 g/mol. The van der Waals surface area contributed by atoms with Crippen LogP contribution in [0.25, 0.3) is 16.8 Å². The minimum atomic E-state index is -1.68. The van der Waals surface area contributed by atoms with E-state index >= 15 is 0 Å². The number of ether oxygens (including phenoxy) is 1. The Balaban J connectivity index is 1.22. The SMILES string of the molecule is CCC1=C2[C@@H](CC/C(C)=C/c3ccc(O)c4ccccc34)OC[C@@H]2[C@@H]2C(=O)N(c3cccc(B(O)O)c3)C(=O)[C@@H]2C1. The summed E-state index contributed by atoms with van der Waals surface area (Å²) in [6.07, 6.45) is 5.01. The lowest BCUT2D eigenvalue weighted by Crippen LogP contribution is -2.35. The van der Waals surface area contributed by atoms with Gasteiger partial charge in [-0.1, -0.05) is 66.6 Å². The smallest absolute Gasteiger partial charge is 0.488 e. The zero-order valence-corrected chi connectivity index (χ0v) is 23.3. The van der Waals surface area contributed by atoms with Gasteiger partial charge in [-0.25, -0.2) is 0 Å². The Morgan fingerprint density at radius 3 is 2.56 bits per heavy atom. The molecule has 1 aliphatic carbocycles. The van der Waals surface area contributed by atoms with Gasteiger partial charge in [0, 0.05) is 11.3 Å². The van der Waals surface area contributed by atoms with Crippen LogP contribution in [0.2, 0.25) is 0 Å². The van der Waals surface area contributed by atoms with Crippen molar-refractivity contribution in [2.45, 2.75) is 45.6 Å². The highest BCUT2D eigenvalue weighted by molar-refractivity contribution is 6.58. The molecule has 0 bridgehead atoms. The van der Waals surface area contributed by atoms with Crippen molar-refractivity contribution in [3.8, 4) is 5.75 Å². The van der Waals surface area contributed by atoms with Gasteiger partial charge in [0.25, 0.3) is 0 Å². The van der Waals surface area contributed by atoms with E-state index in [4.69, 9.17) is 4.74 Å². The number of phenolic OH excluding ortho intramolecular Hbond substituents is 1. The Morgan fingerprint density at radius 1 is 1.02 bits per heavy atom. The van der Waals surface area contributed by atoms with E-state index in [1.54, 1.807) is 24.3 Å². The molecule has 3 aromatic carbocycles. The van der Waals surface area contributed by atoms with E-state index in [1.807, 2.05) is 30.3 Å². The maximum atomic E-state index is 13.8. The number of nitrogens with zero attached hydrogens (tertiary/aromatic N) is 1. The number of rotatable bonds is 7. The normalized spacial score (nSPS) is 24.3. The number of hydrogen-bond donors (Lipinski definition) is 3. The fourth-order valence-corrected chi connectivity index (χ4v) is 7.02. The van der Waals surface area contributed by atoms with Crippen LogP contribution in [0.15, 0.2) is 77.4 Å². The van der Waals surface area contributed by atoms with Crippen molar-refractivity contribution in [3.05, 3.63) is 82.9 Å². The maximum Gasteiger partial charge on any atom is 0.488 e. The number of carbonyl (C=O) groups excluding carboxylic acids is 2. The molecule has 6 rings (SSSR count). The standard InChI is InChI=1S/C33H34BNO6/c1-3-20-16-26-31(33(38)35(32(26)37)23-8-6-7-22(17-23)34(39)40)27-18-41-29(30(20)27)14-11-19(2)15-21-12-13-28(36)25-10-5-4-9-24(21)25/h4-10,12-13,15,17,26-27,29,31,36,39-40H,3,11,14,16,18H2,1-2H3/b19-15+/t26-,27+,29-,31-/m1/s1. The van der Waals surface area contributed by atoms with Gasteiger partial charge in [-0.05, 0) is 72.8 Å². The summed E-state index contributed by atoms with van der Waals surface area (Å²) < 4.78 is 6.34. The Bertz CT molecular complexity index is 1590. The van der Waals surface area contributed by atoms with Gasteiger partial charge in [0.2, 0.25) is 11.8 Å². The summed E-state index contributed by atoms with van der Waals surface area (Å²) in [5.41, 5.74) is 5.27. The van der Waals surface area contributed by atoms with Crippen molar-refractivity contribution in [3.63, 3.8) is 0 Å². The quantitative estimate of drug-likeness (QED) is 0.229. The molecule has 2 aliphatic heterocycles. The van der Waals surface area contributed by atoms with Gasteiger partial charge < -0.3 is 19.9 Å². The highest BCUT2D eigenvalue weighted by Crippen LogP contribution is 2.51. The summed E-state index contributed by atoms with van der Waals surface area (Å²) in [7, 11) is -1.68. The predicted octanol–water partition coefficient (Wildman–Crippen LogP) is 4.34. The average Bonchev–Trinajstić information content (AvgIpc) is 3.51. The molecular formula is C33H34BNO6. The van der Waals surface area contributed by atoms with E-state index in [2.05, 4.69) is 19.9 Å². The largest absolute Gasteiger partial charge is 0.507 e. The first-order valence-electron chi connectivity index (χ1n) is 14.3. The molecule has 2 heterocycles. The highest BCUT2D eigenvalue weighted by Gasteiger charge is 2.57. The van der Waals surface area contributed by atoms with Crippen LogP contribution in [0.5, 0.6) is 5.75 Å². The molecule has 3 N–H and O–H groups in total. The number of hydrogen-bond acceptors (Lipinski definition) is 6. The molecule has 2 amide bonds. The van der Waals surface area contributed by atoms with E-state index in [0.29, 0.717) is 18.7 Å². The Labute approximate surface area is 239 Å². The van der Waals surface area contributed by atoms with Gasteiger partial charge in [-0.15, -0.1) is 0 Å². The third kappa shape index (κ3) is 4.80. The van der Waals surface area contributed by atoms with E-state index < -0.39 is 19.0 Å². The molecule has 0 spiro atoms. The Morgan fingerprint density at radius 2 is 1.80 bits per heavy atom. The topological polar surface area (TPSA) is 107 Å². The second-order valence-corrected chi connectivity index (χ2v) is 11.4. The van der Waals surface area contributed by atoms with Crippen molar-refractivity contribution < 1.29 is 29.5 Å². The van der Waals surface area contributed by atoms with Gasteiger partial charge in [-0.3, -0.25) is 14.5 Å². The van der Waals surface area contributed by atoms with Gasteiger partial charge in [-0.2, -0.15) is 0 Å². The fourth-order valence-electron chi connectivity index (χ4n) is 7.02. The molecule has 4 atom stereocenters. The van der Waals surface area contributed by atoms with Gasteiger partial charge in [0.1, 0.15) is 5.75 Å². The number of carbonyl (C=O) groups is 2. The summed E-state index contributed by atoms with van der Waals surface area (Å²) in [4.78, 5) is 28.5. The van der Waals surface area contributed by atoms with Crippen molar-refractivity contribution in [1.29, 1.82) is 0 Å². The number of amides is 2. The summed E-state index contributed by atoms with van der Waals surface area (Å²) in [5, 5.41) is 31.3. The molecule has 0 radical (unpaired) electrons. The fraction of sp³-hybridized carbons (Fsp3) is 0.333. The molecule has 0 saturated carbocycles. The minimum Gasteiger partial charge on any atom is -0.507 e. The van der Waals surface area contributed by atoms with Gasteiger partial charge >= 0.3 is 7.12 Å². The lowest BCUT2D eigenvalue weighted by Gasteiger charge is -2.31. The summed E-state index contributed by atoms with van der Waals surface area (Å²) in [6, 6.07) is 17.8. The van der Waals surface area contributed by atoms with Crippen molar-refractivity contribution in [2.24, 2.45) is 17.8 Å². The number of fused-ring (bicyclic) bond motifs is 4. The zero-order chi connectivity index (χ0) is 28.8. The molecule has 2 fully saturated rings. The molecule has 0 unspecified atom stereocenters. The van der Waals surface area contributed by atoms with Crippen LogP contribution in [0.1, 0.15) is 45.1 Å². The zero-order valence-electron chi connectivity index (χ0n) is 23.3. The molecule has 210 valence electrons. The first-order valence-corrected chi connectivity index (χ1v) is 14.3. The Hall–Kier alpha value is -3.72. The van der Waals surface area contributed by atoms with Crippen LogP contribution in [0.3, 0.4) is 0 Å². The lowest BCUT2D eigenvalue weighted by molar-refractivity contribution is -0.122. The van der Waals surface area contributed by atoms with E-state index in [9.17, 15) is 24.7 Å². The molecule has 2 saturated heterocycles. The van der Waals surface area contributed by atoms with Crippen LogP contribution in [0, 0.1) is 17.8 Å². The van der Waals surface area contributed by atoms with E-state index in [0.717, 1.165) is 35.6 Å². The van der Waals surface area contributed by atoms with Crippen LogP contribution >= 0.6 is 0 Å². The molecule has 3 aromatic rings. The summed E-state index contributed by atoms with van der Waals surface area (Å²) in [6.45, 7) is 4.62. The van der Waals surface area contributed by atoms with Crippen molar-refractivity contribution >= 4 is 46.9 Å².